The molecule has 9 heteroatoms. The highest BCUT2D eigenvalue weighted by atomic mass is 16.7. The summed E-state index contributed by atoms with van der Waals surface area (Å²) < 4.78 is 28.1. The van der Waals surface area contributed by atoms with E-state index in [1.54, 1.807) is 12.1 Å². The molecule has 210 valence electrons. The summed E-state index contributed by atoms with van der Waals surface area (Å²) in [5.74, 6) is 0.517. The maximum absolute atomic E-state index is 13.4. The Hall–Kier alpha value is -4.11. The molecule has 1 fully saturated rings. The number of nitrogens with one attached hydrogen (secondary N) is 1. The van der Waals surface area contributed by atoms with E-state index in [4.69, 9.17) is 23.7 Å². The first-order valence-corrected chi connectivity index (χ1v) is 13.4. The lowest BCUT2D eigenvalue weighted by molar-refractivity contribution is -0.141. The lowest BCUT2D eigenvalue weighted by atomic mass is 9.65. The summed E-state index contributed by atoms with van der Waals surface area (Å²) in [6.45, 7) is 1.41. The number of ether oxygens (including phenoxy) is 5. The number of cyclic esters (lactones) is 1. The first kappa shape index (κ1) is 26.1. The first-order chi connectivity index (χ1) is 19.4. The lowest BCUT2D eigenvalue weighted by Crippen LogP contribution is -2.37. The second kappa shape index (κ2) is 10.5. The van der Waals surface area contributed by atoms with Crippen molar-refractivity contribution in [3.8, 4) is 28.7 Å². The third-order valence-corrected chi connectivity index (χ3v) is 8.17. The van der Waals surface area contributed by atoms with Gasteiger partial charge in [-0.05, 0) is 79.2 Å². The van der Waals surface area contributed by atoms with Crippen molar-refractivity contribution in [3.05, 3.63) is 70.8 Å². The van der Waals surface area contributed by atoms with Crippen molar-refractivity contribution in [2.75, 3.05) is 53.6 Å². The van der Waals surface area contributed by atoms with Crippen LogP contribution >= 0.6 is 0 Å². The molecule has 2 aliphatic heterocycles. The van der Waals surface area contributed by atoms with E-state index in [1.165, 1.54) is 19.8 Å². The van der Waals surface area contributed by atoms with E-state index in [9.17, 15) is 9.90 Å². The number of hydrogen-bond donors (Lipinski definition) is 2. The number of hydrogen-bond acceptors (Lipinski definition) is 9. The van der Waals surface area contributed by atoms with Crippen molar-refractivity contribution in [2.24, 2.45) is 11.8 Å². The first-order valence-electron chi connectivity index (χ1n) is 13.4. The molecule has 3 aromatic carbocycles. The Morgan fingerprint density at radius 2 is 1.60 bits per heavy atom. The maximum Gasteiger partial charge on any atom is 0.310 e. The van der Waals surface area contributed by atoms with Gasteiger partial charge in [-0.3, -0.25) is 4.79 Å². The zero-order valence-corrected chi connectivity index (χ0v) is 23.1. The van der Waals surface area contributed by atoms with Crippen molar-refractivity contribution in [2.45, 2.75) is 18.4 Å². The molecule has 2 heterocycles. The molecule has 6 rings (SSSR count). The molecule has 0 saturated carbocycles. The quantitative estimate of drug-likeness (QED) is 0.400. The van der Waals surface area contributed by atoms with Gasteiger partial charge >= 0.3 is 5.97 Å². The fourth-order valence-electron chi connectivity index (χ4n) is 6.14. The van der Waals surface area contributed by atoms with Gasteiger partial charge in [0.05, 0.1) is 32.8 Å². The number of nitrogens with zero attached hydrogens (tertiary/aromatic N) is 1. The van der Waals surface area contributed by atoms with Crippen LogP contribution in [-0.4, -0.2) is 64.2 Å². The molecular formula is C31H34N2O7. The SMILES string of the molecule is COc1cc([C@@H]2c3cc4c(cc3[C@@H](Nc3ccc(CCN(C)C)cc3)[C@H]3COC(=O)[C@H]23)OCO4)cc(OC)c1O. The van der Waals surface area contributed by atoms with Crippen LogP contribution in [0, 0.1) is 11.8 Å². The summed E-state index contributed by atoms with van der Waals surface area (Å²) in [6.07, 6.45) is 0.970. The van der Waals surface area contributed by atoms with Crippen LogP contribution in [-0.2, 0) is 16.0 Å². The zero-order chi connectivity index (χ0) is 28.0. The topological polar surface area (TPSA) is 98.7 Å². The average Bonchev–Trinajstić information content (AvgIpc) is 3.58. The van der Waals surface area contributed by atoms with Gasteiger partial charge in [0.2, 0.25) is 12.5 Å². The van der Waals surface area contributed by atoms with Gasteiger partial charge in [-0.25, -0.2) is 0 Å². The molecule has 2 N–H and O–H groups in total. The van der Waals surface area contributed by atoms with E-state index in [2.05, 4.69) is 48.6 Å². The fourth-order valence-corrected chi connectivity index (χ4v) is 6.14. The third kappa shape index (κ3) is 4.54. The van der Waals surface area contributed by atoms with Crippen molar-refractivity contribution in [3.63, 3.8) is 0 Å². The molecule has 0 bridgehead atoms. The number of likely N-dealkylation sites (N-methyl/N-ethyl adjacent to an activating group) is 1. The summed E-state index contributed by atoms with van der Waals surface area (Å²) in [5.41, 5.74) is 4.95. The molecule has 0 radical (unpaired) electrons. The Balaban J connectivity index is 1.44. The van der Waals surface area contributed by atoms with Gasteiger partial charge in [0.15, 0.2) is 23.0 Å². The van der Waals surface area contributed by atoms with E-state index in [-0.39, 0.29) is 47.9 Å². The number of aromatic hydroxyl groups is 1. The fraction of sp³-hybridized carbons (Fsp3) is 0.387. The Morgan fingerprint density at radius 3 is 2.23 bits per heavy atom. The van der Waals surface area contributed by atoms with E-state index in [0.717, 1.165) is 35.3 Å². The van der Waals surface area contributed by atoms with Crippen LogP contribution in [0.1, 0.15) is 34.2 Å². The average molecular weight is 547 g/mol. The summed E-state index contributed by atoms with van der Waals surface area (Å²) in [5, 5.41) is 14.3. The van der Waals surface area contributed by atoms with Crippen LogP contribution in [0.3, 0.4) is 0 Å². The molecule has 4 atom stereocenters. The molecule has 40 heavy (non-hydrogen) atoms. The number of benzene rings is 3. The van der Waals surface area contributed by atoms with Crippen molar-refractivity contribution >= 4 is 11.7 Å². The van der Waals surface area contributed by atoms with Gasteiger partial charge in [0.25, 0.3) is 0 Å². The molecule has 0 amide bonds. The summed E-state index contributed by atoms with van der Waals surface area (Å²) in [7, 11) is 7.12. The van der Waals surface area contributed by atoms with Crippen LogP contribution < -0.4 is 24.3 Å². The maximum atomic E-state index is 13.4. The monoisotopic (exact) mass is 546 g/mol. The number of anilines is 1. The zero-order valence-electron chi connectivity index (χ0n) is 23.1. The molecular weight excluding hydrogens is 512 g/mol. The van der Waals surface area contributed by atoms with E-state index < -0.39 is 5.92 Å². The van der Waals surface area contributed by atoms with Crippen LogP contribution in [0.4, 0.5) is 5.69 Å². The van der Waals surface area contributed by atoms with Gasteiger partial charge in [-0.1, -0.05) is 12.1 Å². The molecule has 9 nitrogen and oxygen atoms in total. The third-order valence-electron chi connectivity index (χ3n) is 8.17. The Kier molecular flexibility index (Phi) is 6.83. The number of esters is 1. The Labute approximate surface area is 233 Å². The van der Waals surface area contributed by atoms with Crippen molar-refractivity contribution in [1.29, 1.82) is 0 Å². The molecule has 0 spiro atoms. The van der Waals surface area contributed by atoms with E-state index >= 15 is 0 Å². The normalized spacial score (nSPS) is 22.5. The number of phenols is 1. The predicted molar refractivity (Wildman–Crippen MR) is 149 cm³/mol. The molecule has 1 saturated heterocycles. The largest absolute Gasteiger partial charge is 0.502 e. The van der Waals surface area contributed by atoms with Crippen LogP contribution in [0.5, 0.6) is 28.7 Å². The molecule has 1 aliphatic carbocycles. The number of methoxy groups -OCH3 is 2. The van der Waals surface area contributed by atoms with Gasteiger partial charge in [-0.2, -0.15) is 0 Å². The highest BCUT2D eigenvalue weighted by Crippen LogP contribution is 2.56. The minimum Gasteiger partial charge on any atom is -0.502 e. The summed E-state index contributed by atoms with van der Waals surface area (Å²) in [4.78, 5) is 15.5. The number of rotatable bonds is 8. The minimum absolute atomic E-state index is 0.0883. The lowest BCUT2D eigenvalue weighted by Gasteiger charge is -2.40. The Morgan fingerprint density at radius 1 is 0.950 bits per heavy atom. The number of phenolic OH excluding ortho intramolecular Hbond substituents is 1. The van der Waals surface area contributed by atoms with Gasteiger partial charge in [-0.15, -0.1) is 0 Å². The van der Waals surface area contributed by atoms with E-state index in [1.807, 2.05) is 12.1 Å². The smallest absolute Gasteiger partial charge is 0.310 e. The summed E-state index contributed by atoms with van der Waals surface area (Å²) >= 11 is 0. The van der Waals surface area contributed by atoms with Gasteiger partial charge in [0, 0.05) is 24.1 Å². The molecule has 0 aromatic heterocycles. The second-order valence-electron chi connectivity index (χ2n) is 10.8. The van der Waals surface area contributed by atoms with Crippen molar-refractivity contribution in [1.82, 2.24) is 4.90 Å². The van der Waals surface area contributed by atoms with Crippen LogP contribution in [0.2, 0.25) is 0 Å². The van der Waals surface area contributed by atoms with Crippen LogP contribution in [0.15, 0.2) is 48.5 Å². The van der Waals surface area contributed by atoms with Crippen molar-refractivity contribution < 1.29 is 33.6 Å². The number of carbonyl (C=O) groups excluding carboxylic acids is 1. The Bertz CT molecular complexity index is 1400. The standard InChI is InChI=1S/C31H34N2O7/c1-33(2)10-9-17-5-7-19(8-6-17)32-29-21-14-24-23(39-16-40-24)13-20(21)27(28-22(29)15-38-31(28)35)18-11-25(36-3)30(34)26(12-18)37-4/h5-8,11-14,22,27-29,32,34H,9-10,15-16H2,1-4H3/t22-,27+,28-,29+/m0/s1. The minimum atomic E-state index is -0.469. The van der Waals surface area contributed by atoms with Gasteiger partial charge in [0.1, 0.15) is 0 Å². The van der Waals surface area contributed by atoms with Crippen LogP contribution in [0.25, 0.3) is 0 Å². The highest BCUT2D eigenvalue weighted by molar-refractivity contribution is 5.79. The van der Waals surface area contributed by atoms with Gasteiger partial charge < -0.3 is 39.0 Å². The summed E-state index contributed by atoms with van der Waals surface area (Å²) in [6, 6.07) is 15.8. The number of fused-ring (bicyclic) bond motifs is 3. The molecule has 3 aliphatic rings. The second-order valence-corrected chi connectivity index (χ2v) is 10.8. The molecule has 3 aromatic rings. The predicted octanol–water partition coefficient (Wildman–Crippen LogP) is 4.33. The van der Waals surface area contributed by atoms with E-state index in [0.29, 0.717) is 18.1 Å². The number of carbonyl (C=O) groups is 1. The highest BCUT2D eigenvalue weighted by Gasteiger charge is 2.52. The molecule has 0 unspecified atom stereocenters.